The van der Waals surface area contributed by atoms with Crippen LogP contribution in [0, 0.1) is 0 Å². The molecule has 0 radical (unpaired) electrons. The van der Waals surface area contributed by atoms with Gasteiger partial charge in [0.25, 0.3) is 0 Å². The topological polar surface area (TPSA) is 355 Å². The molecule has 0 aromatic heterocycles. The predicted molar refractivity (Wildman–Crippen MR) is 390 cm³/mol. The van der Waals surface area contributed by atoms with E-state index in [0.717, 1.165) is 6.42 Å². The van der Waals surface area contributed by atoms with E-state index in [2.05, 4.69) is 16.9 Å². The van der Waals surface area contributed by atoms with E-state index in [-0.39, 0.29) is 65.1 Å². The van der Waals surface area contributed by atoms with Crippen LogP contribution in [-0.2, 0) is 166 Å². The minimum Gasteiger partial charge on any atom is -0.382 e. The minimum atomic E-state index is -1.35. The highest BCUT2D eigenvalue weighted by molar-refractivity contribution is 5.77. The lowest BCUT2D eigenvalue weighted by Crippen LogP contribution is -2.69. The summed E-state index contributed by atoms with van der Waals surface area (Å²) in [7, 11) is 29.9. The number of hydrogen-bond acceptors (Lipinski definition) is 36. The molecule has 0 aromatic carbocycles. The van der Waals surface area contributed by atoms with E-state index in [9.17, 15) is 4.79 Å². The first kappa shape index (κ1) is 94.2. The smallest absolute Gasteiger partial charge is 0.221 e. The molecule has 21 saturated heterocycles. The number of carbonyl (C=O) groups is 1. The van der Waals surface area contributed by atoms with Gasteiger partial charge in [-0.05, 0) is 12.5 Å². The van der Waals surface area contributed by atoms with Gasteiger partial charge in [-0.3, -0.25) is 9.79 Å². The number of allylic oxidation sites excluding steroid dienone is 7. The summed E-state index contributed by atoms with van der Waals surface area (Å²) < 4.78 is 222. The summed E-state index contributed by atoms with van der Waals surface area (Å²) in [5.41, 5.74) is 0. The molecule has 21 aliphatic heterocycles. The zero-order valence-corrected chi connectivity index (χ0v) is 68.3. The molecular formula is C75H126N2O35. The van der Waals surface area contributed by atoms with Crippen LogP contribution >= 0.6 is 0 Å². The Morgan fingerprint density at radius 3 is 0.732 bits per heavy atom. The molecule has 1 amide bonds. The van der Waals surface area contributed by atoms with Crippen molar-refractivity contribution >= 4 is 12.1 Å². The lowest BCUT2D eigenvalue weighted by Gasteiger charge is -2.52. The zero-order valence-electron chi connectivity index (χ0n) is 68.3. The van der Waals surface area contributed by atoms with Gasteiger partial charge in [0.05, 0.1) is 39.6 Å². The standard InChI is InChI=1S/C75H126N2O35/c1-22-23-24-25-26-27-28-29-31-76-32-30-47(78)77-33-40-48-55(85-8)62(92-15)69(99-40)107-49-41(34-79-2)101-71(64(94-17)56(49)86-9)109-51-43(36-81-4)103-73(66(96-19)58(51)88-11)111-53-45(38-83-6)105-75(68(98-21)60(53)90-13)112-54-46(39-84-7)104-74(67(97-20)61(54)91-14)110-52-44(37-82-5)102-72(65(95-18)59(52)89-12)108-50-42(35-80-3)100-70(106-48)63(93-16)57(50)87-10/h22,24-29,31,40-46,48-75H,1,23,30,32-39H2,2-21H3,(H,77,78). The van der Waals surface area contributed by atoms with Crippen LogP contribution in [0.1, 0.15) is 12.8 Å². The molecule has 646 valence electrons. The molecule has 37 nitrogen and oxygen atoms in total. The maximum atomic E-state index is 14.0. The Hall–Kier alpha value is -3.26. The van der Waals surface area contributed by atoms with Crippen molar-refractivity contribution in [3.63, 3.8) is 0 Å². The monoisotopic (exact) mass is 1610 g/mol. The quantitative estimate of drug-likeness (QED) is 0.0512. The highest BCUT2D eigenvalue weighted by Crippen LogP contribution is 2.43. The van der Waals surface area contributed by atoms with E-state index < -0.39 is 215 Å². The maximum Gasteiger partial charge on any atom is 0.221 e. The SMILES string of the molecule is C=CCC=CC=CC=CC=NCCC(=O)NCC1OC2OC3C(COC)OC(OC4C(COC)OC(OC5C(COC)OC(OC6C(COC)OC(OC7C(COC)OC(OC8C(COC)OC(OC1C(OC)C2OC)C(OC)C8OC)C(OC)C7OC)C(OC)C6OC)C(OC)C5OC)C(OC)C4OC)C(OC)C3OC. The van der Waals surface area contributed by atoms with Gasteiger partial charge in [0, 0.05) is 168 Å². The molecule has 0 saturated carbocycles. The van der Waals surface area contributed by atoms with Gasteiger partial charge in [0.2, 0.25) is 5.91 Å². The molecular weight excluding hydrogens is 1490 g/mol. The third-order valence-electron chi connectivity index (χ3n) is 21.0. The Labute approximate surface area is 657 Å². The van der Waals surface area contributed by atoms with Crippen molar-refractivity contribution in [3.8, 4) is 0 Å². The van der Waals surface area contributed by atoms with Crippen molar-refractivity contribution in [1.29, 1.82) is 0 Å². The molecule has 21 heterocycles. The molecule has 37 heteroatoms. The van der Waals surface area contributed by atoms with Gasteiger partial charge in [-0.25, -0.2) is 0 Å². The van der Waals surface area contributed by atoms with Crippen LogP contribution in [0.15, 0.2) is 54.1 Å². The van der Waals surface area contributed by atoms with Crippen molar-refractivity contribution in [2.45, 2.75) is 228 Å². The van der Waals surface area contributed by atoms with E-state index in [1.54, 1.807) is 12.3 Å². The van der Waals surface area contributed by atoms with Gasteiger partial charge in [-0.1, -0.05) is 36.5 Å². The molecule has 21 aliphatic rings. The highest BCUT2D eigenvalue weighted by atomic mass is 16.8. The number of nitrogens with zero attached hydrogens (tertiary/aromatic N) is 1. The van der Waals surface area contributed by atoms with E-state index in [1.165, 1.54) is 142 Å². The van der Waals surface area contributed by atoms with E-state index in [4.69, 9.17) is 161 Å². The molecule has 35 atom stereocenters. The largest absolute Gasteiger partial charge is 0.382 e. The Kier molecular flexibility index (Phi) is 41.0. The molecule has 35 unspecified atom stereocenters. The third-order valence-corrected chi connectivity index (χ3v) is 21.0. The van der Waals surface area contributed by atoms with Crippen molar-refractivity contribution in [2.24, 2.45) is 4.99 Å². The van der Waals surface area contributed by atoms with Gasteiger partial charge < -0.3 is 166 Å². The van der Waals surface area contributed by atoms with E-state index in [1.807, 2.05) is 36.5 Å². The van der Waals surface area contributed by atoms with Crippen molar-refractivity contribution in [2.75, 3.05) is 195 Å². The second-order valence-corrected chi connectivity index (χ2v) is 27.4. The number of nitrogens with one attached hydrogen (secondary N) is 1. The van der Waals surface area contributed by atoms with Crippen LogP contribution in [0.2, 0.25) is 0 Å². The highest BCUT2D eigenvalue weighted by Gasteiger charge is 2.62. The Balaban J connectivity index is 1.23. The predicted octanol–water partition coefficient (Wildman–Crippen LogP) is 0.681. The fraction of sp³-hybridized carbons (Fsp3) is 0.867. The van der Waals surface area contributed by atoms with Crippen molar-refractivity contribution in [3.05, 3.63) is 49.1 Å². The molecule has 0 spiro atoms. The molecule has 14 bridgehead atoms. The average molecular weight is 1620 g/mol. The number of amides is 1. The summed E-state index contributed by atoms with van der Waals surface area (Å²) in [5, 5.41) is 3.03. The first-order valence-corrected chi connectivity index (χ1v) is 37.4. The van der Waals surface area contributed by atoms with Gasteiger partial charge in [0.1, 0.15) is 171 Å². The van der Waals surface area contributed by atoms with Crippen LogP contribution in [0.3, 0.4) is 0 Å². The molecule has 0 aliphatic carbocycles. The van der Waals surface area contributed by atoms with E-state index in [0.29, 0.717) is 0 Å². The van der Waals surface area contributed by atoms with Crippen LogP contribution in [0.4, 0.5) is 0 Å². The molecule has 21 fully saturated rings. The second kappa shape index (κ2) is 48.7. The van der Waals surface area contributed by atoms with Crippen LogP contribution < -0.4 is 5.32 Å². The molecule has 0 aromatic rings. The van der Waals surface area contributed by atoms with Gasteiger partial charge in [-0.15, -0.1) is 6.58 Å². The van der Waals surface area contributed by atoms with Crippen LogP contribution in [-0.4, -0.2) is 422 Å². The zero-order chi connectivity index (χ0) is 81.0. The van der Waals surface area contributed by atoms with Gasteiger partial charge in [-0.2, -0.15) is 0 Å². The molecule has 1 N–H and O–H groups in total. The Bertz CT molecular complexity index is 2750. The summed E-state index contributed by atoms with van der Waals surface area (Å²) >= 11 is 0. The van der Waals surface area contributed by atoms with Gasteiger partial charge in [0.15, 0.2) is 44.0 Å². The summed E-state index contributed by atoms with van der Waals surface area (Å²) in [4.78, 5) is 18.4. The van der Waals surface area contributed by atoms with Gasteiger partial charge >= 0.3 is 0 Å². The van der Waals surface area contributed by atoms with Crippen LogP contribution in [0.5, 0.6) is 0 Å². The number of methoxy groups -OCH3 is 20. The maximum absolute atomic E-state index is 14.0. The first-order chi connectivity index (χ1) is 54.6. The minimum absolute atomic E-state index is 0.00301. The Morgan fingerprint density at radius 2 is 0.509 bits per heavy atom. The number of ether oxygens (including phenoxy) is 34. The normalized spacial score (nSPS) is 42.0. The van der Waals surface area contributed by atoms with E-state index >= 15 is 0 Å². The summed E-state index contributed by atoms with van der Waals surface area (Å²) in [6, 6.07) is 0. The number of aliphatic imine (C=N–C) groups is 1. The lowest BCUT2D eigenvalue weighted by atomic mass is 9.94. The van der Waals surface area contributed by atoms with Crippen molar-refractivity contribution < 1.29 is 166 Å². The fourth-order valence-electron chi connectivity index (χ4n) is 15.8. The Morgan fingerprint density at radius 1 is 0.295 bits per heavy atom. The lowest BCUT2D eigenvalue weighted by molar-refractivity contribution is -0.402. The first-order valence-electron chi connectivity index (χ1n) is 37.4. The summed E-state index contributed by atoms with van der Waals surface area (Å²) in [5.74, 6) is -0.362. The number of carbonyl (C=O) groups excluding carboxylic acids is 1. The number of hydrogen-bond donors (Lipinski definition) is 1. The van der Waals surface area contributed by atoms with Crippen LogP contribution in [0.25, 0.3) is 0 Å². The fourth-order valence-corrected chi connectivity index (χ4v) is 15.8. The molecule has 21 rings (SSSR count). The van der Waals surface area contributed by atoms with Crippen molar-refractivity contribution in [1.82, 2.24) is 5.32 Å². The summed E-state index contributed by atoms with van der Waals surface area (Å²) in [6.45, 7) is 3.27. The second-order valence-electron chi connectivity index (χ2n) is 27.4. The third kappa shape index (κ3) is 22.8. The molecule has 112 heavy (non-hydrogen) atoms. The summed E-state index contributed by atoms with van der Waals surface area (Å²) in [6.07, 6.45) is -22.6. The number of rotatable bonds is 36. The average Bonchev–Trinajstić information content (AvgIpc) is 0.857.